The summed E-state index contributed by atoms with van der Waals surface area (Å²) < 4.78 is 0. The molecule has 0 unspecified atom stereocenters. The molecule has 5 heteroatoms. The van der Waals surface area contributed by atoms with Gasteiger partial charge in [-0.1, -0.05) is 66.7 Å². The van der Waals surface area contributed by atoms with Crippen molar-refractivity contribution in [1.29, 1.82) is 0 Å². The number of amides is 1. The molecule has 4 nitrogen and oxygen atoms in total. The number of nitrogens with one attached hydrogen (secondary N) is 1. The summed E-state index contributed by atoms with van der Waals surface area (Å²) in [5, 5.41) is 1.17. The van der Waals surface area contributed by atoms with E-state index in [0.717, 1.165) is 47.8 Å². The minimum atomic E-state index is 0.210. The van der Waals surface area contributed by atoms with E-state index in [9.17, 15) is 4.79 Å². The van der Waals surface area contributed by atoms with E-state index in [2.05, 4.69) is 64.5 Å². The van der Waals surface area contributed by atoms with Crippen LogP contribution in [0.5, 0.6) is 0 Å². The van der Waals surface area contributed by atoms with Gasteiger partial charge in [0.15, 0.2) is 0 Å². The van der Waals surface area contributed by atoms with Crippen LogP contribution in [0.3, 0.4) is 0 Å². The molecule has 0 aliphatic carbocycles. The van der Waals surface area contributed by atoms with E-state index in [4.69, 9.17) is 0 Å². The van der Waals surface area contributed by atoms with Crippen molar-refractivity contribution in [2.45, 2.75) is 4.90 Å². The Morgan fingerprint density at radius 1 is 0.806 bits per heavy atom. The largest absolute Gasteiger partial charge is 0.368 e. The van der Waals surface area contributed by atoms with Crippen LogP contribution in [0, 0.1) is 0 Å². The van der Waals surface area contributed by atoms with Gasteiger partial charge in [-0.3, -0.25) is 4.79 Å². The second kappa shape index (κ2) is 8.90. The third-order valence-electron chi connectivity index (χ3n) is 5.81. The Hall–Kier alpha value is -3.18. The molecule has 1 N–H and O–H groups in total. The fourth-order valence-electron chi connectivity index (χ4n) is 4.15. The number of hydrogen-bond acceptors (Lipinski definition) is 3. The highest BCUT2D eigenvalue weighted by atomic mass is 32.2. The zero-order valence-corrected chi connectivity index (χ0v) is 18.1. The van der Waals surface area contributed by atoms with E-state index in [0.29, 0.717) is 5.75 Å². The number of H-pyrrole nitrogens is 1. The highest BCUT2D eigenvalue weighted by molar-refractivity contribution is 8.00. The average molecular weight is 428 g/mol. The minimum absolute atomic E-state index is 0.210. The lowest BCUT2D eigenvalue weighted by molar-refractivity contribution is -0.128. The Labute approximate surface area is 186 Å². The van der Waals surface area contributed by atoms with Crippen LogP contribution in [0.4, 0.5) is 5.69 Å². The van der Waals surface area contributed by atoms with Crippen LogP contribution in [0.25, 0.3) is 22.2 Å². The molecule has 1 aliphatic heterocycles. The molecule has 31 heavy (non-hydrogen) atoms. The summed E-state index contributed by atoms with van der Waals surface area (Å²) in [6.07, 6.45) is 0. The van der Waals surface area contributed by atoms with Crippen LogP contribution < -0.4 is 4.90 Å². The number of aromatic amines is 1. The maximum absolute atomic E-state index is 13.0. The molecule has 0 spiro atoms. The number of thioether (sulfide) groups is 1. The van der Waals surface area contributed by atoms with E-state index in [1.165, 1.54) is 11.1 Å². The normalized spacial score (nSPS) is 14.2. The Morgan fingerprint density at radius 3 is 2.19 bits per heavy atom. The van der Waals surface area contributed by atoms with E-state index in [-0.39, 0.29) is 5.91 Å². The molecule has 1 aliphatic rings. The van der Waals surface area contributed by atoms with Crippen molar-refractivity contribution in [2.24, 2.45) is 0 Å². The molecule has 0 atom stereocenters. The van der Waals surface area contributed by atoms with Crippen molar-refractivity contribution in [3.63, 3.8) is 0 Å². The van der Waals surface area contributed by atoms with Gasteiger partial charge >= 0.3 is 0 Å². The zero-order chi connectivity index (χ0) is 21.0. The summed E-state index contributed by atoms with van der Waals surface area (Å²) in [7, 11) is 0. The predicted octanol–water partition coefficient (Wildman–Crippen LogP) is 5.28. The Bertz CT molecular complexity index is 1170. The molecule has 0 bridgehead atoms. The number of hydrogen-bond donors (Lipinski definition) is 1. The van der Waals surface area contributed by atoms with Gasteiger partial charge in [-0.05, 0) is 23.8 Å². The molecule has 156 valence electrons. The highest BCUT2D eigenvalue weighted by Gasteiger charge is 2.22. The Balaban J connectivity index is 1.29. The molecule has 2 heterocycles. The SMILES string of the molecule is O=C(CSc1c(-c2ccccc2)[nH]c2ccccc12)N1CCN(c2ccccc2)CC1. The first-order chi connectivity index (χ1) is 15.3. The van der Waals surface area contributed by atoms with Crippen molar-refractivity contribution in [1.82, 2.24) is 9.88 Å². The molecular weight excluding hydrogens is 402 g/mol. The summed E-state index contributed by atoms with van der Waals surface area (Å²) in [6.45, 7) is 3.30. The number of rotatable bonds is 5. The topological polar surface area (TPSA) is 39.3 Å². The molecule has 4 aromatic rings. The fraction of sp³-hybridized carbons (Fsp3) is 0.192. The van der Waals surface area contributed by atoms with Gasteiger partial charge in [0.25, 0.3) is 0 Å². The molecule has 0 saturated carbocycles. The molecule has 5 rings (SSSR count). The zero-order valence-electron chi connectivity index (χ0n) is 17.3. The van der Waals surface area contributed by atoms with Crippen molar-refractivity contribution in [3.8, 4) is 11.3 Å². The van der Waals surface area contributed by atoms with Gasteiger partial charge in [0.1, 0.15) is 0 Å². The van der Waals surface area contributed by atoms with Crippen LogP contribution in [0.15, 0.2) is 89.8 Å². The number of benzene rings is 3. The Kier molecular flexibility index (Phi) is 5.67. The van der Waals surface area contributed by atoms with Gasteiger partial charge in [-0.25, -0.2) is 0 Å². The maximum atomic E-state index is 13.0. The molecular formula is C26H25N3OS. The third-order valence-corrected chi connectivity index (χ3v) is 6.92. The average Bonchev–Trinajstić information content (AvgIpc) is 3.22. The lowest BCUT2D eigenvalue weighted by Crippen LogP contribution is -2.49. The van der Waals surface area contributed by atoms with Crippen molar-refractivity contribution in [3.05, 3.63) is 84.9 Å². The van der Waals surface area contributed by atoms with Gasteiger partial charge in [-0.15, -0.1) is 11.8 Å². The van der Waals surface area contributed by atoms with Gasteiger partial charge in [0.05, 0.1) is 11.4 Å². The molecule has 1 aromatic heterocycles. The molecule has 1 amide bonds. The Morgan fingerprint density at radius 2 is 1.45 bits per heavy atom. The van der Waals surface area contributed by atoms with Crippen LogP contribution >= 0.6 is 11.8 Å². The summed E-state index contributed by atoms with van der Waals surface area (Å²) in [5.74, 6) is 0.662. The van der Waals surface area contributed by atoms with E-state index in [1.54, 1.807) is 11.8 Å². The van der Waals surface area contributed by atoms with Crippen LogP contribution in [0.1, 0.15) is 0 Å². The van der Waals surface area contributed by atoms with Gasteiger partial charge in [-0.2, -0.15) is 0 Å². The van der Waals surface area contributed by atoms with Crippen LogP contribution in [-0.2, 0) is 4.79 Å². The number of piperazine rings is 1. The summed E-state index contributed by atoms with van der Waals surface area (Å²) in [4.78, 5) is 22.1. The number of anilines is 1. The number of para-hydroxylation sites is 2. The standard InChI is InChI=1S/C26H25N3OS/c30-24(29-17-15-28(16-18-29)21-11-5-2-6-12-21)19-31-26-22-13-7-8-14-23(22)27-25(26)20-9-3-1-4-10-20/h1-14,27H,15-19H2. The predicted molar refractivity (Wildman–Crippen MR) is 130 cm³/mol. The first-order valence-corrected chi connectivity index (χ1v) is 11.6. The number of aromatic nitrogens is 1. The maximum Gasteiger partial charge on any atom is 0.233 e. The molecule has 3 aromatic carbocycles. The number of nitrogens with zero attached hydrogens (tertiary/aromatic N) is 2. The summed E-state index contributed by atoms with van der Waals surface area (Å²) in [6, 6.07) is 29.1. The molecule has 1 saturated heterocycles. The van der Waals surface area contributed by atoms with Crippen molar-refractivity contribution in [2.75, 3.05) is 36.8 Å². The fourth-order valence-corrected chi connectivity index (χ4v) is 5.25. The highest BCUT2D eigenvalue weighted by Crippen LogP contribution is 2.37. The van der Waals surface area contributed by atoms with Crippen LogP contribution in [0.2, 0.25) is 0 Å². The second-order valence-corrected chi connectivity index (χ2v) is 8.72. The molecule has 0 radical (unpaired) electrons. The van der Waals surface area contributed by atoms with Gasteiger partial charge in [0.2, 0.25) is 5.91 Å². The van der Waals surface area contributed by atoms with E-state index in [1.807, 2.05) is 35.2 Å². The quantitative estimate of drug-likeness (QED) is 0.441. The summed E-state index contributed by atoms with van der Waals surface area (Å²) in [5.41, 5.74) is 4.57. The smallest absolute Gasteiger partial charge is 0.233 e. The molecule has 1 fully saturated rings. The van der Waals surface area contributed by atoms with E-state index < -0.39 is 0 Å². The van der Waals surface area contributed by atoms with E-state index >= 15 is 0 Å². The minimum Gasteiger partial charge on any atom is -0.368 e. The number of carbonyl (C=O) groups excluding carboxylic acids is 1. The first-order valence-electron chi connectivity index (χ1n) is 10.7. The van der Waals surface area contributed by atoms with Gasteiger partial charge < -0.3 is 14.8 Å². The van der Waals surface area contributed by atoms with Crippen molar-refractivity contribution >= 4 is 34.3 Å². The lowest BCUT2D eigenvalue weighted by atomic mass is 10.1. The summed E-state index contributed by atoms with van der Waals surface area (Å²) >= 11 is 1.64. The lowest BCUT2D eigenvalue weighted by Gasteiger charge is -2.36. The van der Waals surface area contributed by atoms with Crippen molar-refractivity contribution < 1.29 is 4.79 Å². The second-order valence-electron chi connectivity index (χ2n) is 7.73. The number of fused-ring (bicyclic) bond motifs is 1. The van der Waals surface area contributed by atoms with Gasteiger partial charge in [0, 0.05) is 47.7 Å². The van der Waals surface area contributed by atoms with Crippen LogP contribution in [-0.4, -0.2) is 47.7 Å². The monoisotopic (exact) mass is 427 g/mol. The third kappa shape index (κ3) is 4.19. The first kappa shape index (κ1) is 19.8. The number of carbonyl (C=O) groups is 1.